The van der Waals surface area contributed by atoms with Gasteiger partial charge in [-0.15, -0.1) is 0 Å². The van der Waals surface area contributed by atoms with Crippen LogP contribution in [0.15, 0.2) is 0 Å². The van der Waals surface area contributed by atoms with E-state index in [-0.39, 0.29) is 25.6 Å². The van der Waals surface area contributed by atoms with Gasteiger partial charge in [-0.1, -0.05) is 0 Å². The van der Waals surface area contributed by atoms with Crippen LogP contribution in [-0.4, -0.2) is 22.5 Å². The van der Waals surface area contributed by atoms with Crippen LogP contribution in [0.3, 0.4) is 0 Å². The molecule has 0 bridgehead atoms. The third-order valence-electron chi connectivity index (χ3n) is 0.175. The summed E-state index contributed by atoms with van der Waals surface area (Å²) < 4.78 is 3.08. The monoisotopic (exact) mass is 187 g/mol. The Hall–Kier alpha value is -0.677. The van der Waals surface area contributed by atoms with E-state index in [1.807, 2.05) is 0 Å². The summed E-state index contributed by atoms with van der Waals surface area (Å²) in [6.45, 7) is 0. The summed E-state index contributed by atoms with van der Waals surface area (Å²) >= 11 is 0. The smallest absolute Gasteiger partial charge is 0.449 e. The van der Waals surface area contributed by atoms with E-state index in [4.69, 9.17) is 10.2 Å². The standard InChI is InChI=1S/C2H2O5.H3N.Zn/c3-1(4)7-2(5)6;;/h(H,3,4)(H,5,6);1H3;. The zero-order chi connectivity index (χ0) is 5.86. The Balaban J connectivity index is -0.000000180. The van der Waals surface area contributed by atoms with Crippen molar-refractivity contribution in [3.8, 4) is 0 Å². The second-order valence-electron chi connectivity index (χ2n) is 0.634. The van der Waals surface area contributed by atoms with Crippen LogP contribution in [0.5, 0.6) is 0 Å². The molecule has 0 saturated heterocycles. The number of hydrogen-bond acceptors (Lipinski definition) is 4. The SMILES string of the molecule is N.O=C(O)OC(=O)O.[Zn]. The minimum Gasteiger partial charge on any atom is -0.449 e. The maximum Gasteiger partial charge on any atom is 0.516 e. The first kappa shape index (κ1) is 15.8. The number of hydrogen-bond donors (Lipinski definition) is 3. The van der Waals surface area contributed by atoms with Gasteiger partial charge < -0.3 is 21.1 Å². The summed E-state index contributed by atoms with van der Waals surface area (Å²) in [6.07, 6.45) is -3.62. The van der Waals surface area contributed by atoms with Gasteiger partial charge >= 0.3 is 12.3 Å². The zero-order valence-electron chi connectivity index (χ0n) is 4.53. The van der Waals surface area contributed by atoms with Crippen molar-refractivity contribution in [3.63, 3.8) is 0 Å². The van der Waals surface area contributed by atoms with Gasteiger partial charge in [0.15, 0.2) is 0 Å². The zero-order valence-corrected chi connectivity index (χ0v) is 7.50. The maximum atomic E-state index is 9.21. The van der Waals surface area contributed by atoms with Crippen molar-refractivity contribution in [1.82, 2.24) is 6.15 Å². The molecule has 0 amide bonds. The van der Waals surface area contributed by atoms with Gasteiger partial charge in [0, 0.05) is 19.5 Å². The first-order valence-corrected chi connectivity index (χ1v) is 1.26. The van der Waals surface area contributed by atoms with Crippen molar-refractivity contribution in [2.75, 3.05) is 0 Å². The Morgan fingerprint density at radius 3 is 1.33 bits per heavy atom. The molecular formula is C2H5NO5Zn. The molecule has 0 aromatic carbocycles. The largest absolute Gasteiger partial charge is 0.516 e. The van der Waals surface area contributed by atoms with Crippen molar-refractivity contribution in [2.24, 2.45) is 0 Å². The fraction of sp³-hybridized carbons (Fsp3) is 0. The van der Waals surface area contributed by atoms with Crippen LogP contribution in [0.25, 0.3) is 0 Å². The van der Waals surface area contributed by atoms with Gasteiger partial charge in [-0.25, -0.2) is 9.59 Å². The third-order valence-corrected chi connectivity index (χ3v) is 0.175. The van der Waals surface area contributed by atoms with Gasteiger partial charge in [0.2, 0.25) is 0 Å². The van der Waals surface area contributed by atoms with E-state index in [0.29, 0.717) is 0 Å². The number of rotatable bonds is 0. The van der Waals surface area contributed by atoms with Crippen molar-refractivity contribution in [2.45, 2.75) is 0 Å². The van der Waals surface area contributed by atoms with Crippen LogP contribution in [0.2, 0.25) is 0 Å². The van der Waals surface area contributed by atoms with Crippen molar-refractivity contribution < 1.29 is 44.0 Å². The van der Waals surface area contributed by atoms with Crippen LogP contribution in [0, 0.1) is 0 Å². The topological polar surface area (TPSA) is 119 Å². The fourth-order valence-corrected chi connectivity index (χ4v) is 0.0747. The molecule has 0 atom stereocenters. The fourth-order valence-electron chi connectivity index (χ4n) is 0.0747. The molecule has 0 heterocycles. The van der Waals surface area contributed by atoms with Crippen LogP contribution in [0.4, 0.5) is 9.59 Å². The minimum atomic E-state index is -1.81. The van der Waals surface area contributed by atoms with E-state index in [0.717, 1.165) is 0 Å². The minimum absolute atomic E-state index is 0. The normalized spacial score (nSPS) is 5.78. The van der Waals surface area contributed by atoms with Gasteiger partial charge in [-0.3, -0.25) is 0 Å². The third kappa shape index (κ3) is 18.8. The molecule has 0 spiro atoms. The van der Waals surface area contributed by atoms with Crippen molar-refractivity contribution in [1.29, 1.82) is 0 Å². The van der Waals surface area contributed by atoms with E-state index >= 15 is 0 Å². The summed E-state index contributed by atoms with van der Waals surface area (Å²) in [5.74, 6) is 0. The molecule has 0 saturated carbocycles. The molecule has 7 heteroatoms. The molecule has 5 N–H and O–H groups in total. The van der Waals surface area contributed by atoms with Crippen molar-refractivity contribution >= 4 is 12.3 Å². The molecule has 0 aromatic rings. The van der Waals surface area contributed by atoms with Gasteiger partial charge in [0.05, 0.1) is 0 Å². The Bertz CT molecular complexity index is 91.1. The Kier molecular flexibility index (Phi) is 12.8. The molecule has 0 aliphatic rings. The number of carboxylic acid groups (broad SMARTS) is 2. The second kappa shape index (κ2) is 7.32. The van der Waals surface area contributed by atoms with Gasteiger partial charge in [0.25, 0.3) is 0 Å². The molecule has 9 heavy (non-hydrogen) atoms. The molecule has 50 valence electrons. The number of ether oxygens (including phenoxy) is 1. The van der Waals surface area contributed by atoms with Gasteiger partial charge in [-0.2, -0.15) is 0 Å². The molecule has 0 radical (unpaired) electrons. The van der Waals surface area contributed by atoms with E-state index < -0.39 is 12.3 Å². The molecule has 0 unspecified atom stereocenters. The molecule has 0 aliphatic heterocycles. The molecule has 0 aromatic heterocycles. The van der Waals surface area contributed by atoms with Gasteiger partial charge in [0.1, 0.15) is 0 Å². The first-order chi connectivity index (χ1) is 3.13. The predicted octanol–water partition coefficient (Wildman–Crippen LogP) is 0.518. The summed E-state index contributed by atoms with van der Waals surface area (Å²) in [4.78, 5) is 18.4. The summed E-state index contributed by atoms with van der Waals surface area (Å²) in [6, 6.07) is 0. The Labute approximate surface area is 63.1 Å². The molecule has 6 nitrogen and oxygen atoms in total. The molecule has 0 rings (SSSR count). The predicted molar refractivity (Wildman–Crippen MR) is 22.2 cm³/mol. The van der Waals surface area contributed by atoms with Crippen LogP contribution in [-0.2, 0) is 24.2 Å². The summed E-state index contributed by atoms with van der Waals surface area (Å²) in [5, 5.41) is 15.0. The summed E-state index contributed by atoms with van der Waals surface area (Å²) in [7, 11) is 0. The second-order valence-corrected chi connectivity index (χ2v) is 0.634. The van der Waals surface area contributed by atoms with E-state index in [9.17, 15) is 9.59 Å². The molecular weight excluding hydrogens is 183 g/mol. The average molecular weight is 188 g/mol. The quantitative estimate of drug-likeness (QED) is 0.290. The summed E-state index contributed by atoms with van der Waals surface area (Å²) in [5.41, 5.74) is 0. The van der Waals surface area contributed by atoms with Crippen molar-refractivity contribution in [3.05, 3.63) is 0 Å². The van der Waals surface area contributed by atoms with E-state index in [2.05, 4.69) is 4.74 Å². The Morgan fingerprint density at radius 2 is 1.33 bits per heavy atom. The molecule has 0 aliphatic carbocycles. The van der Waals surface area contributed by atoms with E-state index in [1.54, 1.807) is 0 Å². The van der Waals surface area contributed by atoms with E-state index in [1.165, 1.54) is 0 Å². The number of carbonyl (C=O) groups is 2. The first-order valence-electron chi connectivity index (χ1n) is 1.26. The van der Waals surface area contributed by atoms with Gasteiger partial charge in [-0.05, 0) is 0 Å². The Morgan fingerprint density at radius 1 is 1.11 bits per heavy atom. The van der Waals surface area contributed by atoms with Crippen LogP contribution >= 0.6 is 0 Å². The maximum absolute atomic E-state index is 9.21. The van der Waals surface area contributed by atoms with Crippen LogP contribution in [0.1, 0.15) is 0 Å². The van der Waals surface area contributed by atoms with Crippen LogP contribution < -0.4 is 6.15 Å². The average Bonchev–Trinajstić information content (AvgIpc) is 1.27. The molecule has 0 fully saturated rings.